The van der Waals surface area contributed by atoms with Gasteiger partial charge in [-0.05, 0) is 27.0 Å². The first-order valence-electron chi connectivity index (χ1n) is 6.10. The second-order valence-corrected chi connectivity index (χ2v) is 5.05. The summed E-state index contributed by atoms with van der Waals surface area (Å²) in [7, 11) is 1.96. The van der Waals surface area contributed by atoms with E-state index in [1.54, 1.807) is 0 Å². The zero-order chi connectivity index (χ0) is 12.3. The van der Waals surface area contributed by atoms with E-state index in [-0.39, 0.29) is 5.60 Å². The van der Waals surface area contributed by atoms with Gasteiger partial charge >= 0.3 is 0 Å². The number of aromatic nitrogens is 1. The second-order valence-electron chi connectivity index (χ2n) is 5.05. The fourth-order valence-corrected chi connectivity index (χ4v) is 2.24. The molecule has 0 spiro atoms. The zero-order valence-corrected chi connectivity index (χ0v) is 10.9. The van der Waals surface area contributed by atoms with Gasteiger partial charge in [0.1, 0.15) is 5.82 Å². The third kappa shape index (κ3) is 2.96. The minimum absolute atomic E-state index is 0.0906. The van der Waals surface area contributed by atoms with Crippen molar-refractivity contribution in [2.75, 3.05) is 31.6 Å². The SMILES string of the molecule is CNCc1cccnc1N1CCOC(C)(C)C1. The standard InChI is InChI=1S/C13H21N3O/c1-13(2)10-16(7-8-17-13)12-11(9-14-3)5-4-6-15-12/h4-6,14H,7-10H2,1-3H3. The van der Waals surface area contributed by atoms with E-state index in [4.69, 9.17) is 4.74 Å². The van der Waals surface area contributed by atoms with Crippen LogP contribution in [0.1, 0.15) is 19.4 Å². The van der Waals surface area contributed by atoms with Crippen LogP contribution in [0.5, 0.6) is 0 Å². The van der Waals surface area contributed by atoms with E-state index in [0.717, 1.165) is 32.1 Å². The Morgan fingerprint density at radius 3 is 3.06 bits per heavy atom. The number of pyridine rings is 1. The highest BCUT2D eigenvalue weighted by molar-refractivity contribution is 5.47. The molecule has 1 aliphatic rings. The van der Waals surface area contributed by atoms with Crippen molar-refractivity contribution in [3.05, 3.63) is 23.9 Å². The molecule has 17 heavy (non-hydrogen) atoms. The molecule has 0 radical (unpaired) electrons. The molecule has 0 aliphatic carbocycles. The Morgan fingerprint density at radius 2 is 2.35 bits per heavy atom. The van der Waals surface area contributed by atoms with Crippen LogP contribution in [0.15, 0.2) is 18.3 Å². The number of hydrogen-bond donors (Lipinski definition) is 1. The summed E-state index contributed by atoms with van der Waals surface area (Å²) in [6.07, 6.45) is 1.86. The molecule has 2 rings (SSSR count). The van der Waals surface area contributed by atoms with Gasteiger partial charge in [0.15, 0.2) is 0 Å². The molecule has 0 unspecified atom stereocenters. The summed E-state index contributed by atoms with van der Waals surface area (Å²) in [5, 5.41) is 3.19. The minimum Gasteiger partial charge on any atom is -0.372 e. The summed E-state index contributed by atoms with van der Waals surface area (Å²) in [5.74, 6) is 1.08. The number of nitrogens with zero attached hydrogens (tertiary/aromatic N) is 2. The molecule has 0 bridgehead atoms. The van der Waals surface area contributed by atoms with Crippen LogP contribution in [-0.2, 0) is 11.3 Å². The van der Waals surface area contributed by atoms with Gasteiger partial charge in [0.25, 0.3) is 0 Å². The molecule has 4 heteroatoms. The van der Waals surface area contributed by atoms with Gasteiger partial charge < -0.3 is 15.0 Å². The summed E-state index contributed by atoms with van der Waals surface area (Å²) < 4.78 is 5.73. The Hall–Kier alpha value is -1.13. The predicted molar refractivity (Wildman–Crippen MR) is 69.2 cm³/mol. The smallest absolute Gasteiger partial charge is 0.133 e. The largest absolute Gasteiger partial charge is 0.372 e. The van der Waals surface area contributed by atoms with E-state index < -0.39 is 0 Å². The van der Waals surface area contributed by atoms with E-state index in [1.165, 1.54) is 5.56 Å². The van der Waals surface area contributed by atoms with Crippen LogP contribution >= 0.6 is 0 Å². The minimum atomic E-state index is -0.0906. The summed E-state index contributed by atoms with van der Waals surface area (Å²) >= 11 is 0. The average Bonchev–Trinajstić information content (AvgIpc) is 2.29. The number of hydrogen-bond acceptors (Lipinski definition) is 4. The van der Waals surface area contributed by atoms with Crippen molar-refractivity contribution in [3.8, 4) is 0 Å². The van der Waals surface area contributed by atoms with E-state index in [9.17, 15) is 0 Å². The predicted octanol–water partition coefficient (Wildman–Crippen LogP) is 1.42. The topological polar surface area (TPSA) is 37.4 Å². The van der Waals surface area contributed by atoms with Crippen molar-refractivity contribution in [2.45, 2.75) is 26.0 Å². The fourth-order valence-electron chi connectivity index (χ4n) is 2.24. The van der Waals surface area contributed by atoms with Gasteiger partial charge in [0, 0.05) is 31.4 Å². The number of ether oxygens (including phenoxy) is 1. The van der Waals surface area contributed by atoms with Crippen LogP contribution in [0.2, 0.25) is 0 Å². The third-order valence-corrected chi connectivity index (χ3v) is 2.96. The Labute approximate surface area is 103 Å². The van der Waals surface area contributed by atoms with Gasteiger partial charge in [-0.3, -0.25) is 0 Å². The lowest BCUT2D eigenvalue weighted by atomic mass is 10.1. The van der Waals surface area contributed by atoms with Crippen LogP contribution in [-0.4, -0.2) is 37.3 Å². The quantitative estimate of drug-likeness (QED) is 0.859. The van der Waals surface area contributed by atoms with Crippen LogP contribution in [0.25, 0.3) is 0 Å². The number of nitrogens with one attached hydrogen (secondary N) is 1. The van der Waals surface area contributed by atoms with Gasteiger partial charge in [-0.2, -0.15) is 0 Å². The lowest BCUT2D eigenvalue weighted by Crippen LogP contribution is -2.49. The van der Waals surface area contributed by atoms with Crippen molar-refractivity contribution in [3.63, 3.8) is 0 Å². The van der Waals surface area contributed by atoms with E-state index in [2.05, 4.69) is 35.1 Å². The van der Waals surface area contributed by atoms with Crippen LogP contribution in [0, 0.1) is 0 Å². The number of anilines is 1. The maximum absolute atomic E-state index is 5.73. The maximum atomic E-state index is 5.73. The molecule has 1 fully saturated rings. The molecular formula is C13H21N3O. The molecule has 2 heterocycles. The molecule has 1 aromatic rings. The molecule has 0 saturated carbocycles. The van der Waals surface area contributed by atoms with Crippen LogP contribution in [0.4, 0.5) is 5.82 Å². The van der Waals surface area contributed by atoms with Crippen LogP contribution in [0.3, 0.4) is 0 Å². The lowest BCUT2D eigenvalue weighted by molar-refractivity contribution is -0.0279. The fraction of sp³-hybridized carbons (Fsp3) is 0.615. The Kier molecular flexibility index (Phi) is 3.64. The molecule has 1 N–H and O–H groups in total. The van der Waals surface area contributed by atoms with Crippen molar-refractivity contribution in [1.29, 1.82) is 0 Å². The normalized spacial score (nSPS) is 19.4. The number of morpholine rings is 1. The summed E-state index contributed by atoms with van der Waals surface area (Å²) in [6, 6.07) is 4.11. The summed E-state index contributed by atoms with van der Waals surface area (Å²) in [5.41, 5.74) is 1.15. The highest BCUT2D eigenvalue weighted by Crippen LogP contribution is 2.24. The molecule has 4 nitrogen and oxygen atoms in total. The van der Waals surface area contributed by atoms with Crippen molar-refractivity contribution in [1.82, 2.24) is 10.3 Å². The van der Waals surface area contributed by atoms with Crippen molar-refractivity contribution < 1.29 is 4.74 Å². The highest BCUT2D eigenvalue weighted by Gasteiger charge is 2.28. The first-order valence-corrected chi connectivity index (χ1v) is 6.10. The lowest BCUT2D eigenvalue weighted by Gasteiger charge is -2.39. The molecule has 0 atom stereocenters. The second kappa shape index (κ2) is 5.02. The summed E-state index contributed by atoms with van der Waals surface area (Å²) in [6.45, 7) is 7.67. The van der Waals surface area contributed by atoms with Crippen molar-refractivity contribution in [2.24, 2.45) is 0 Å². The van der Waals surface area contributed by atoms with Gasteiger partial charge in [-0.25, -0.2) is 4.98 Å². The monoisotopic (exact) mass is 235 g/mol. The Bertz CT molecular complexity index is 379. The van der Waals surface area contributed by atoms with Gasteiger partial charge in [-0.15, -0.1) is 0 Å². The first kappa shape index (κ1) is 12.3. The molecular weight excluding hydrogens is 214 g/mol. The zero-order valence-electron chi connectivity index (χ0n) is 10.9. The average molecular weight is 235 g/mol. The Balaban J connectivity index is 2.21. The molecule has 94 valence electrons. The van der Waals surface area contributed by atoms with E-state index >= 15 is 0 Å². The highest BCUT2D eigenvalue weighted by atomic mass is 16.5. The maximum Gasteiger partial charge on any atom is 0.133 e. The van der Waals surface area contributed by atoms with Crippen molar-refractivity contribution >= 4 is 5.82 Å². The molecule has 1 aromatic heterocycles. The van der Waals surface area contributed by atoms with Crippen LogP contribution < -0.4 is 10.2 Å². The molecule has 0 aromatic carbocycles. The summed E-state index contributed by atoms with van der Waals surface area (Å²) in [4.78, 5) is 6.83. The number of rotatable bonds is 3. The molecule has 1 aliphatic heterocycles. The van der Waals surface area contributed by atoms with Gasteiger partial charge in [0.05, 0.1) is 12.2 Å². The molecule has 0 amide bonds. The Morgan fingerprint density at radius 1 is 1.53 bits per heavy atom. The van der Waals surface area contributed by atoms with Gasteiger partial charge in [-0.1, -0.05) is 6.07 Å². The molecule has 1 saturated heterocycles. The third-order valence-electron chi connectivity index (χ3n) is 2.96. The first-order chi connectivity index (χ1) is 8.12. The van der Waals surface area contributed by atoms with Gasteiger partial charge in [0.2, 0.25) is 0 Å². The van der Waals surface area contributed by atoms with E-state index in [0.29, 0.717) is 0 Å². The van der Waals surface area contributed by atoms with E-state index in [1.807, 2.05) is 19.3 Å².